The zero-order chi connectivity index (χ0) is 6.32. The van der Waals surface area contributed by atoms with Gasteiger partial charge in [0, 0.05) is 25.0 Å². The predicted octanol–water partition coefficient (Wildman–Crippen LogP) is -0.0885. The molecule has 0 atom stereocenters. The number of likely N-dealkylation sites (tertiary alicyclic amines) is 1. The molecule has 0 aliphatic carbocycles. The molecule has 2 saturated heterocycles. The molecule has 2 nitrogen and oxygen atoms in total. The van der Waals surface area contributed by atoms with Crippen LogP contribution in [0.3, 0.4) is 0 Å². The zero-order valence-electron chi connectivity index (χ0n) is 5.98. The summed E-state index contributed by atoms with van der Waals surface area (Å²) in [5, 5.41) is 3.41. The van der Waals surface area contributed by atoms with Crippen LogP contribution in [0.15, 0.2) is 0 Å². The predicted molar refractivity (Wildman–Crippen MR) is 37.4 cm³/mol. The van der Waals surface area contributed by atoms with Crippen molar-refractivity contribution in [3.05, 3.63) is 0 Å². The van der Waals surface area contributed by atoms with Gasteiger partial charge in [0.2, 0.25) is 0 Å². The van der Waals surface area contributed by atoms with Gasteiger partial charge in [-0.25, -0.2) is 0 Å². The molecule has 0 aromatic heterocycles. The lowest BCUT2D eigenvalue weighted by Crippen LogP contribution is -2.55. The van der Waals surface area contributed by atoms with Gasteiger partial charge in [-0.15, -0.1) is 0 Å². The van der Waals surface area contributed by atoms with Crippen molar-refractivity contribution >= 4 is 0 Å². The molecular weight excluding hydrogens is 112 g/mol. The first-order valence-electron chi connectivity index (χ1n) is 3.70. The first-order chi connectivity index (χ1) is 4.31. The van der Waals surface area contributed by atoms with Crippen LogP contribution in [-0.2, 0) is 0 Å². The molecule has 2 aliphatic heterocycles. The van der Waals surface area contributed by atoms with E-state index in [1.54, 1.807) is 0 Å². The summed E-state index contributed by atoms with van der Waals surface area (Å²) in [6, 6.07) is 0. The van der Waals surface area contributed by atoms with Crippen LogP contribution in [0.5, 0.6) is 0 Å². The lowest BCUT2D eigenvalue weighted by Gasteiger charge is -2.45. The zero-order valence-corrected chi connectivity index (χ0v) is 5.98. The normalized spacial score (nSPS) is 33.0. The molecule has 0 aromatic carbocycles. The van der Waals surface area contributed by atoms with Crippen LogP contribution in [0.25, 0.3) is 0 Å². The summed E-state index contributed by atoms with van der Waals surface area (Å²) in [4.78, 5) is 2.40. The second-order valence-electron chi connectivity index (χ2n) is 3.60. The number of nitrogens with one attached hydrogen (secondary N) is 1. The number of nitrogens with zero attached hydrogens (tertiary/aromatic N) is 1. The van der Waals surface area contributed by atoms with E-state index in [4.69, 9.17) is 0 Å². The molecule has 1 spiro atoms. The van der Waals surface area contributed by atoms with Crippen molar-refractivity contribution < 1.29 is 0 Å². The highest BCUT2D eigenvalue weighted by Crippen LogP contribution is 2.34. The monoisotopic (exact) mass is 126 g/mol. The highest BCUT2D eigenvalue weighted by atomic mass is 15.2. The van der Waals surface area contributed by atoms with Crippen molar-refractivity contribution in [2.24, 2.45) is 5.41 Å². The van der Waals surface area contributed by atoms with Crippen LogP contribution in [0.2, 0.25) is 0 Å². The van der Waals surface area contributed by atoms with Crippen molar-refractivity contribution in [3.8, 4) is 0 Å². The molecular formula is C7H14N2. The van der Waals surface area contributed by atoms with Gasteiger partial charge in [-0.3, -0.25) is 0 Å². The van der Waals surface area contributed by atoms with Gasteiger partial charge in [0.1, 0.15) is 0 Å². The molecule has 2 heteroatoms. The van der Waals surface area contributed by atoms with Gasteiger partial charge >= 0.3 is 0 Å². The van der Waals surface area contributed by atoms with E-state index in [9.17, 15) is 0 Å². The molecule has 2 aliphatic rings. The molecule has 1 N–H and O–H groups in total. The van der Waals surface area contributed by atoms with E-state index >= 15 is 0 Å². The van der Waals surface area contributed by atoms with E-state index in [2.05, 4.69) is 17.3 Å². The summed E-state index contributed by atoms with van der Waals surface area (Å²) in [5.74, 6) is 0. The highest BCUT2D eigenvalue weighted by Gasteiger charge is 2.42. The third-order valence-corrected chi connectivity index (χ3v) is 2.54. The summed E-state index contributed by atoms with van der Waals surface area (Å²) >= 11 is 0. The lowest BCUT2D eigenvalue weighted by atomic mass is 9.80. The van der Waals surface area contributed by atoms with Crippen LogP contribution >= 0.6 is 0 Å². The van der Waals surface area contributed by atoms with Crippen LogP contribution in [0.1, 0.15) is 6.42 Å². The van der Waals surface area contributed by atoms with Gasteiger partial charge < -0.3 is 10.2 Å². The Morgan fingerprint density at radius 2 is 2.22 bits per heavy atom. The quantitative estimate of drug-likeness (QED) is 0.488. The molecule has 9 heavy (non-hydrogen) atoms. The van der Waals surface area contributed by atoms with E-state index < -0.39 is 0 Å². The summed E-state index contributed by atoms with van der Waals surface area (Å²) < 4.78 is 0. The molecule has 0 radical (unpaired) electrons. The topological polar surface area (TPSA) is 15.3 Å². The lowest BCUT2D eigenvalue weighted by molar-refractivity contribution is 0.0409. The number of hydrogen-bond donors (Lipinski definition) is 1. The summed E-state index contributed by atoms with van der Waals surface area (Å²) in [6.07, 6.45) is 1.40. The van der Waals surface area contributed by atoms with Gasteiger partial charge in [-0.1, -0.05) is 0 Å². The largest absolute Gasteiger partial charge is 0.316 e. The Bertz CT molecular complexity index is 108. The maximum Gasteiger partial charge on any atom is 0.00940 e. The first kappa shape index (κ1) is 5.69. The van der Waals surface area contributed by atoms with Gasteiger partial charge in [0.05, 0.1) is 0 Å². The van der Waals surface area contributed by atoms with Gasteiger partial charge in [0.25, 0.3) is 0 Å². The average Bonchev–Trinajstić information content (AvgIpc) is 2.12. The minimum atomic E-state index is 0.703. The van der Waals surface area contributed by atoms with Gasteiger partial charge in [0.15, 0.2) is 0 Å². The number of rotatable bonds is 0. The Morgan fingerprint density at radius 1 is 1.44 bits per heavy atom. The second kappa shape index (κ2) is 1.70. The second-order valence-corrected chi connectivity index (χ2v) is 3.60. The summed E-state index contributed by atoms with van der Waals surface area (Å²) in [5.41, 5.74) is 0.703. The van der Waals surface area contributed by atoms with E-state index in [1.807, 2.05) is 0 Å². The smallest absolute Gasteiger partial charge is 0.00940 e. The van der Waals surface area contributed by atoms with E-state index in [1.165, 1.54) is 32.6 Å². The Hall–Kier alpha value is -0.0800. The van der Waals surface area contributed by atoms with Crippen molar-refractivity contribution in [2.45, 2.75) is 6.42 Å². The fourth-order valence-electron chi connectivity index (χ4n) is 2.16. The summed E-state index contributed by atoms with van der Waals surface area (Å²) in [6.45, 7) is 5.14. The molecule has 0 aromatic rings. The first-order valence-corrected chi connectivity index (χ1v) is 3.70. The van der Waals surface area contributed by atoms with Crippen molar-refractivity contribution in [3.63, 3.8) is 0 Å². The van der Waals surface area contributed by atoms with E-state index in [-0.39, 0.29) is 0 Å². The molecule has 52 valence electrons. The van der Waals surface area contributed by atoms with Crippen LogP contribution in [-0.4, -0.2) is 38.1 Å². The number of hydrogen-bond acceptors (Lipinski definition) is 2. The molecule has 0 amide bonds. The Morgan fingerprint density at radius 3 is 2.67 bits per heavy atom. The maximum atomic E-state index is 3.41. The van der Waals surface area contributed by atoms with Crippen LogP contribution < -0.4 is 5.32 Å². The Labute approximate surface area is 56.2 Å². The van der Waals surface area contributed by atoms with Gasteiger partial charge in [-0.05, 0) is 20.0 Å². The van der Waals surface area contributed by atoms with Crippen molar-refractivity contribution in [2.75, 3.05) is 33.2 Å². The van der Waals surface area contributed by atoms with E-state index in [0.717, 1.165) is 0 Å². The molecule has 0 bridgehead atoms. The minimum absolute atomic E-state index is 0.703. The Balaban J connectivity index is 1.95. The van der Waals surface area contributed by atoms with Crippen molar-refractivity contribution in [1.29, 1.82) is 0 Å². The van der Waals surface area contributed by atoms with Crippen LogP contribution in [0.4, 0.5) is 0 Å². The standard InChI is InChI=1S/C7H14N2/c1-9-5-7(6-9)2-3-8-4-7/h8H,2-6H2,1H3. The highest BCUT2D eigenvalue weighted by molar-refractivity contribution is 4.98. The molecule has 0 saturated carbocycles. The summed E-state index contributed by atoms with van der Waals surface area (Å²) in [7, 11) is 2.20. The fraction of sp³-hybridized carbons (Fsp3) is 1.00. The average molecular weight is 126 g/mol. The third-order valence-electron chi connectivity index (χ3n) is 2.54. The minimum Gasteiger partial charge on any atom is -0.316 e. The third kappa shape index (κ3) is 0.775. The SMILES string of the molecule is CN1CC2(CCNC2)C1. The van der Waals surface area contributed by atoms with E-state index in [0.29, 0.717) is 5.41 Å². The Kier molecular flexibility index (Phi) is 1.08. The molecule has 0 unspecified atom stereocenters. The maximum absolute atomic E-state index is 3.41. The molecule has 2 heterocycles. The molecule has 2 rings (SSSR count). The van der Waals surface area contributed by atoms with Gasteiger partial charge in [-0.2, -0.15) is 0 Å². The fourth-order valence-corrected chi connectivity index (χ4v) is 2.16. The molecule has 2 fully saturated rings. The van der Waals surface area contributed by atoms with Crippen LogP contribution in [0, 0.1) is 5.41 Å². The van der Waals surface area contributed by atoms with Crippen molar-refractivity contribution in [1.82, 2.24) is 10.2 Å².